The van der Waals surface area contributed by atoms with E-state index < -0.39 is 0 Å². The van der Waals surface area contributed by atoms with Crippen LogP contribution in [0.15, 0.2) is 45.3 Å². The first-order valence-corrected chi connectivity index (χ1v) is 10.5. The lowest BCUT2D eigenvalue weighted by Gasteiger charge is -2.36. The van der Waals surface area contributed by atoms with Crippen molar-refractivity contribution in [3.05, 3.63) is 46.5 Å². The summed E-state index contributed by atoms with van der Waals surface area (Å²) in [5.74, 6) is 0.926. The van der Waals surface area contributed by atoms with Crippen LogP contribution in [0.1, 0.15) is 15.4 Å². The highest BCUT2D eigenvalue weighted by molar-refractivity contribution is 14.0. The Bertz CT molecular complexity index is 816. The molecule has 3 heterocycles. The summed E-state index contributed by atoms with van der Waals surface area (Å²) in [5.41, 5.74) is 0. The lowest BCUT2D eigenvalue weighted by Crippen LogP contribution is -2.54. The molecule has 2 amide bonds. The Morgan fingerprint density at radius 2 is 1.90 bits per heavy atom. The summed E-state index contributed by atoms with van der Waals surface area (Å²) in [4.78, 5) is 35.7. The number of amides is 2. The Kier molecular flexibility index (Phi) is 9.63. The van der Waals surface area contributed by atoms with Gasteiger partial charge in [0.25, 0.3) is 5.91 Å². The van der Waals surface area contributed by atoms with Crippen molar-refractivity contribution in [1.29, 1.82) is 0 Å². The monoisotopic (exact) mass is 545 g/mol. The van der Waals surface area contributed by atoms with E-state index in [2.05, 4.69) is 26.7 Å². The predicted molar refractivity (Wildman–Crippen MR) is 129 cm³/mol. The maximum Gasteiger partial charge on any atom is 0.289 e. The van der Waals surface area contributed by atoms with Crippen LogP contribution in [0, 0.1) is 0 Å². The molecule has 1 saturated heterocycles. The molecule has 8 nitrogen and oxygen atoms in total. The highest BCUT2D eigenvalue weighted by Crippen LogP contribution is 2.11. The summed E-state index contributed by atoms with van der Waals surface area (Å²) in [6.45, 7) is 3.28. The minimum Gasteiger partial charge on any atom is -0.459 e. The molecule has 0 radical (unpaired) electrons. The minimum atomic E-state index is -0.0958. The van der Waals surface area contributed by atoms with E-state index in [4.69, 9.17) is 4.42 Å². The van der Waals surface area contributed by atoms with E-state index in [1.807, 2.05) is 6.07 Å². The average Bonchev–Trinajstić information content (AvgIpc) is 3.44. The highest BCUT2D eigenvalue weighted by Gasteiger charge is 2.25. The van der Waals surface area contributed by atoms with Gasteiger partial charge in [-0.25, -0.2) is 4.99 Å². The van der Waals surface area contributed by atoms with Crippen molar-refractivity contribution in [2.24, 2.45) is 4.99 Å². The van der Waals surface area contributed by atoms with Gasteiger partial charge in [-0.15, -0.1) is 35.3 Å². The van der Waals surface area contributed by atoms with Gasteiger partial charge in [-0.05, 0) is 30.0 Å². The summed E-state index contributed by atoms with van der Waals surface area (Å²) < 4.78 is 5.22. The number of carbonyl (C=O) groups is 2. The lowest BCUT2D eigenvalue weighted by atomic mass is 10.3. The van der Waals surface area contributed by atoms with Crippen molar-refractivity contribution in [3.63, 3.8) is 0 Å². The lowest BCUT2D eigenvalue weighted by molar-refractivity contribution is -0.127. The fraction of sp³-hybridized carbons (Fsp3) is 0.450. The van der Waals surface area contributed by atoms with Gasteiger partial charge in [-0.1, -0.05) is 6.07 Å². The van der Waals surface area contributed by atoms with Gasteiger partial charge in [0.1, 0.15) is 6.54 Å². The number of carbonyl (C=O) groups excluding carboxylic acids is 2. The molecule has 0 aliphatic carbocycles. The fourth-order valence-corrected chi connectivity index (χ4v) is 3.69. The number of piperazine rings is 1. The molecule has 2 aromatic heterocycles. The number of nitrogens with zero attached hydrogens (tertiary/aromatic N) is 4. The van der Waals surface area contributed by atoms with E-state index in [9.17, 15) is 9.59 Å². The molecule has 0 atom stereocenters. The second-order valence-corrected chi connectivity index (χ2v) is 7.97. The number of likely N-dealkylation sites (N-methyl/N-ethyl adjacent to an activating group) is 1. The molecule has 1 fully saturated rings. The van der Waals surface area contributed by atoms with Gasteiger partial charge >= 0.3 is 0 Å². The first-order valence-electron chi connectivity index (χ1n) is 9.63. The maximum absolute atomic E-state index is 12.4. The Morgan fingerprint density at radius 3 is 2.50 bits per heavy atom. The van der Waals surface area contributed by atoms with Crippen LogP contribution in [0.25, 0.3) is 0 Å². The zero-order valence-corrected chi connectivity index (χ0v) is 20.4. The van der Waals surface area contributed by atoms with Crippen molar-refractivity contribution < 1.29 is 14.0 Å². The largest absolute Gasteiger partial charge is 0.459 e. The number of furan rings is 1. The molecule has 0 spiro atoms. The van der Waals surface area contributed by atoms with Gasteiger partial charge in [0, 0.05) is 51.7 Å². The van der Waals surface area contributed by atoms with Crippen LogP contribution in [0.2, 0.25) is 0 Å². The van der Waals surface area contributed by atoms with E-state index in [1.165, 1.54) is 16.0 Å². The molecule has 10 heteroatoms. The van der Waals surface area contributed by atoms with Gasteiger partial charge in [0.2, 0.25) is 5.91 Å². The number of hydrogen-bond acceptors (Lipinski definition) is 5. The molecule has 0 saturated carbocycles. The summed E-state index contributed by atoms with van der Waals surface area (Å²) >= 11 is 1.73. The second-order valence-electron chi connectivity index (χ2n) is 6.94. The third-order valence-corrected chi connectivity index (χ3v) is 5.63. The third-order valence-electron chi connectivity index (χ3n) is 4.70. The number of guanidine groups is 1. The van der Waals surface area contributed by atoms with Crippen LogP contribution in [0.4, 0.5) is 0 Å². The third kappa shape index (κ3) is 6.73. The van der Waals surface area contributed by atoms with Gasteiger partial charge in [0.05, 0.1) is 6.26 Å². The summed E-state index contributed by atoms with van der Waals surface area (Å²) in [6.07, 6.45) is 2.41. The Hall–Kier alpha value is -2.08. The van der Waals surface area contributed by atoms with Crippen molar-refractivity contribution in [3.8, 4) is 0 Å². The Balaban J connectivity index is 0.00000320. The zero-order valence-electron chi connectivity index (χ0n) is 17.2. The molecule has 1 aliphatic heterocycles. The molecular formula is C20H28IN5O3S. The molecular weight excluding hydrogens is 517 g/mol. The Labute approximate surface area is 197 Å². The van der Waals surface area contributed by atoms with E-state index in [0.29, 0.717) is 37.9 Å². The molecule has 0 aromatic carbocycles. The first-order chi connectivity index (χ1) is 14.0. The second kappa shape index (κ2) is 11.9. The van der Waals surface area contributed by atoms with Crippen LogP contribution in [0.5, 0.6) is 0 Å². The fourth-order valence-electron chi connectivity index (χ4n) is 2.98. The number of rotatable bonds is 6. The minimum absolute atomic E-state index is 0. The van der Waals surface area contributed by atoms with Gasteiger partial charge in [-0.3, -0.25) is 9.59 Å². The number of aliphatic imine (C=N–C) groups is 1. The number of halogens is 1. The highest BCUT2D eigenvalue weighted by atomic mass is 127. The predicted octanol–water partition coefficient (Wildman–Crippen LogP) is 1.99. The van der Waals surface area contributed by atoms with Crippen LogP contribution in [-0.2, 0) is 11.2 Å². The quantitative estimate of drug-likeness (QED) is 0.341. The van der Waals surface area contributed by atoms with Crippen molar-refractivity contribution in [2.45, 2.75) is 6.42 Å². The van der Waals surface area contributed by atoms with Crippen LogP contribution < -0.4 is 5.32 Å². The van der Waals surface area contributed by atoms with Gasteiger partial charge in [-0.2, -0.15) is 0 Å². The average molecular weight is 545 g/mol. The van der Waals surface area contributed by atoms with Crippen molar-refractivity contribution in [1.82, 2.24) is 20.0 Å². The molecule has 2 aromatic rings. The smallest absolute Gasteiger partial charge is 0.289 e. The molecule has 164 valence electrons. The molecule has 0 unspecified atom stereocenters. The zero-order chi connectivity index (χ0) is 20.6. The summed E-state index contributed by atoms with van der Waals surface area (Å²) in [6, 6.07) is 7.55. The number of nitrogens with one attached hydrogen (secondary N) is 1. The van der Waals surface area contributed by atoms with Crippen LogP contribution in [-0.4, -0.2) is 85.8 Å². The molecule has 0 bridgehead atoms. The number of hydrogen-bond donors (Lipinski definition) is 1. The van der Waals surface area contributed by atoms with Crippen LogP contribution >= 0.6 is 35.3 Å². The van der Waals surface area contributed by atoms with E-state index >= 15 is 0 Å². The van der Waals surface area contributed by atoms with Crippen LogP contribution in [0.3, 0.4) is 0 Å². The molecule has 30 heavy (non-hydrogen) atoms. The van der Waals surface area contributed by atoms with E-state index in [1.54, 1.807) is 42.5 Å². The van der Waals surface area contributed by atoms with Gasteiger partial charge in [0.15, 0.2) is 11.7 Å². The van der Waals surface area contributed by atoms with Crippen molar-refractivity contribution >= 4 is 53.1 Å². The molecule has 1 aliphatic rings. The Morgan fingerprint density at radius 1 is 1.17 bits per heavy atom. The maximum atomic E-state index is 12.4. The first kappa shape index (κ1) is 24.2. The SMILES string of the molecule is CN(C)C(=O)CN=C(NCCc1cccs1)N1CCN(C(=O)c2ccco2)CC1.I. The standard InChI is InChI=1S/C20H27N5O3S.HI/c1-23(2)18(26)15-22-20(21-8-7-16-5-4-14-29-16)25-11-9-24(10-12-25)19(27)17-6-3-13-28-17;/h3-6,13-14H,7-12,15H2,1-2H3,(H,21,22);1H. The number of thiophene rings is 1. The van der Waals surface area contributed by atoms with Gasteiger partial charge < -0.3 is 24.4 Å². The normalized spacial score (nSPS) is 14.3. The van der Waals surface area contributed by atoms with E-state index in [-0.39, 0.29) is 42.3 Å². The molecule has 1 N–H and O–H groups in total. The topological polar surface area (TPSA) is 81.4 Å². The van der Waals surface area contributed by atoms with Crippen molar-refractivity contribution in [2.75, 3.05) is 53.4 Å². The molecule has 3 rings (SSSR count). The summed E-state index contributed by atoms with van der Waals surface area (Å²) in [5, 5.41) is 5.45. The van der Waals surface area contributed by atoms with E-state index in [0.717, 1.165) is 13.0 Å². The summed E-state index contributed by atoms with van der Waals surface area (Å²) in [7, 11) is 3.45.